The number of nitrogens with zero attached hydrogens (tertiary/aromatic N) is 2. The number of carbonyl (C=O) groups excluding carboxylic acids is 1. The quantitative estimate of drug-likeness (QED) is 0.783. The highest BCUT2D eigenvalue weighted by molar-refractivity contribution is 5.81. The van der Waals surface area contributed by atoms with Crippen LogP contribution >= 0.6 is 0 Å². The number of rotatable bonds is 6. The normalized spacial score (nSPS) is 23.8. The molecule has 1 aliphatic heterocycles. The maximum atomic E-state index is 12.8. The van der Waals surface area contributed by atoms with E-state index >= 15 is 0 Å². The second-order valence-electron chi connectivity index (χ2n) is 7.34. The van der Waals surface area contributed by atoms with Gasteiger partial charge in [-0.25, -0.2) is 0 Å². The summed E-state index contributed by atoms with van der Waals surface area (Å²) in [5, 5.41) is 2.99. The Bertz CT molecular complexity index is 627. The van der Waals surface area contributed by atoms with Gasteiger partial charge >= 0.3 is 6.18 Å². The number of hydrogen-bond donors (Lipinski definition) is 1. The van der Waals surface area contributed by atoms with E-state index in [1.54, 1.807) is 6.07 Å². The van der Waals surface area contributed by atoms with Gasteiger partial charge in [-0.1, -0.05) is 13.0 Å². The fourth-order valence-electron chi connectivity index (χ4n) is 3.44. The van der Waals surface area contributed by atoms with Crippen molar-refractivity contribution in [3.05, 3.63) is 29.8 Å². The van der Waals surface area contributed by atoms with Gasteiger partial charge in [0.2, 0.25) is 5.91 Å². The molecule has 144 valence electrons. The van der Waals surface area contributed by atoms with Crippen LogP contribution in [0.25, 0.3) is 0 Å². The van der Waals surface area contributed by atoms with Gasteiger partial charge in [0.05, 0.1) is 5.56 Å². The number of hydrogen-bond acceptors (Lipinski definition) is 3. The number of alkyl halides is 3. The monoisotopic (exact) mass is 369 g/mol. The van der Waals surface area contributed by atoms with Crippen molar-refractivity contribution in [2.24, 2.45) is 11.8 Å². The molecule has 4 nitrogen and oxygen atoms in total. The van der Waals surface area contributed by atoms with E-state index in [-0.39, 0.29) is 11.8 Å². The highest BCUT2D eigenvalue weighted by atomic mass is 19.4. The molecule has 1 aromatic rings. The molecule has 2 fully saturated rings. The fraction of sp³-hybridized carbons (Fsp3) is 0.632. The molecule has 0 spiro atoms. The minimum Gasteiger partial charge on any atom is -0.369 e. The highest BCUT2D eigenvalue weighted by Gasteiger charge is 2.38. The first-order valence-corrected chi connectivity index (χ1v) is 9.27. The molecule has 3 rings (SSSR count). The fourth-order valence-corrected chi connectivity index (χ4v) is 3.44. The Morgan fingerprint density at radius 1 is 1.23 bits per heavy atom. The molecule has 1 heterocycles. The van der Waals surface area contributed by atoms with Gasteiger partial charge in [-0.3, -0.25) is 9.69 Å². The molecule has 0 radical (unpaired) electrons. The predicted molar refractivity (Wildman–Crippen MR) is 95.0 cm³/mol. The number of anilines is 1. The largest absolute Gasteiger partial charge is 0.416 e. The zero-order chi connectivity index (χ0) is 18.7. The molecule has 7 heteroatoms. The first-order valence-electron chi connectivity index (χ1n) is 9.27. The number of piperazine rings is 1. The Kier molecular flexibility index (Phi) is 5.75. The first-order chi connectivity index (χ1) is 12.3. The molecule has 1 saturated carbocycles. The van der Waals surface area contributed by atoms with Crippen LogP contribution in [-0.2, 0) is 11.0 Å². The second-order valence-corrected chi connectivity index (χ2v) is 7.34. The molecule has 1 amide bonds. The summed E-state index contributed by atoms with van der Waals surface area (Å²) < 4.78 is 38.5. The van der Waals surface area contributed by atoms with Crippen LogP contribution in [0.15, 0.2) is 24.3 Å². The van der Waals surface area contributed by atoms with Gasteiger partial charge in [0, 0.05) is 44.3 Å². The Labute approximate surface area is 152 Å². The van der Waals surface area contributed by atoms with E-state index in [2.05, 4.69) is 17.1 Å². The molecule has 0 bridgehead atoms. The topological polar surface area (TPSA) is 35.6 Å². The van der Waals surface area contributed by atoms with Gasteiger partial charge < -0.3 is 10.2 Å². The lowest BCUT2D eigenvalue weighted by Crippen LogP contribution is -2.47. The molecule has 2 aliphatic rings. The second kappa shape index (κ2) is 7.86. The lowest BCUT2D eigenvalue weighted by atomic mass is 10.1. The van der Waals surface area contributed by atoms with Crippen LogP contribution in [0.4, 0.5) is 18.9 Å². The smallest absolute Gasteiger partial charge is 0.369 e. The van der Waals surface area contributed by atoms with E-state index in [1.165, 1.54) is 12.1 Å². The number of halogens is 3. The zero-order valence-electron chi connectivity index (χ0n) is 15.1. The molecule has 0 aromatic heterocycles. The van der Waals surface area contributed by atoms with E-state index in [9.17, 15) is 18.0 Å². The van der Waals surface area contributed by atoms with E-state index in [0.717, 1.165) is 38.5 Å². The lowest BCUT2D eigenvalue weighted by Gasteiger charge is -2.36. The van der Waals surface area contributed by atoms with E-state index in [4.69, 9.17) is 0 Å². The molecular weight excluding hydrogens is 343 g/mol. The van der Waals surface area contributed by atoms with Crippen LogP contribution in [0, 0.1) is 11.8 Å². The molecule has 0 unspecified atom stereocenters. The lowest BCUT2D eigenvalue weighted by molar-refractivity contribution is -0.137. The van der Waals surface area contributed by atoms with Gasteiger partial charge in [-0.15, -0.1) is 0 Å². The third-order valence-corrected chi connectivity index (χ3v) is 5.31. The molecule has 1 aliphatic carbocycles. The van der Waals surface area contributed by atoms with Gasteiger partial charge in [0.15, 0.2) is 0 Å². The van der Waals surface area contributed by atoms with Crippen LogP contribution in [0.2, 0.25) is 0 Å². The highest BCUT2D eigenvalue weighted by Crippen LogP contribution is 2.37. The van der Waals surface area contributed by atoms with Crippen LogP contribution in [0.5, 0.6) is 0 Å². The van der Waals surface area contributed by atoms with Crippen molar-refractivity contribution in [2.45, 2.75) is 25.9 Å². The summed E-state index contributed by atoms with van der Waals surface area (Å²) in [6, 6.07) is 5.54. The van der Waals surface area contributed by atoms with E-state index < -0.39 is 11.7 Å². The van der Waals surface area contributed by atoms with Crippen molar-refractivity contribution in [3.63, 3.8) is 0 Å². The summed E-state index contributed by atoms with van der Waals surface area (Å²) in [6.45, 7) is 6.76. The van der Waals surface area contributed by atoms with Gasteiger partial charge in [-0.2, -0.15) is 13.2 Å². The number of amides is 1. The van der Waals surface area contributed by atoms with Gasteiger partial charge in [0.1, 0.15) is 0 Å². The summed E-state index contributed by atoms with van der Waals surface area (Å²) in [6.07, 6.45) is -2.40. The van der Waals surface area contributed by atoms with Crippen molar-refractivity contribution < 1.29 is 18.0 Å². The molecule has 1 saturated heterocycles. The van der Waals surface area contributed by atoms with E-state index in [0.29, 0.717) is 31.2 Å². The molecule has 1 N–H and O–H groups in total. The third kappa shape index (κ3) is 4.90. The minimum absolute atomic E-state index is 0.173. The Hall–Kier alpha value is -1.76. The van der Waals surface area contributed by atoms with Crippen molar-refractivity contribution in [1.82, 2.24) is 10.2 Å². The molecular formula is C19H26F3N3O. The summed E-state index contributed by atoms with van der Waals surface area (Å²) in [4.78, 5) is 16.1. The number of carbonyl (C=O) groups is 1. The van der Waals surface area contributed by atoms with Gasteiger partial charge in [-0.05, 0) is 43.5 Å². The van der Waals surface area contributed by atoms with Crippen molar-refractivity contribution >= 4 is 11.6 Å². The van der Waals surface area contributed by atoms with Crippen LogP contribution in [0.3, 0.4) is 0 Å². The zero-order valence-corrected chi connectivity index (χ0v) is 15.1. The summed E-state index contributed by atoms with van der Waals surface area (Å²) >= 11 is 0. The van der Waals surface area contributed by atoms with Crippen LogP contribution in [-0.4, -0.2) is 50.1 Å². The Balaban J connectivity index is 1.38. The van der Waals surface area contributed by atoms with E-state index in [1.807, 2.05) is 4.90 Å². The first kappa shape index (κ1) is 19.0. The molecule has 1 aromatic carbocycles. The summed E-state index contributed by atoms with van der Waals surface area (Å²) in [5.41, 5.74) is 0.0310. The summed E-state index contributed by atoms with van der Waals surface area (Å²) in [7, 11) is 0. The maximum Gasteiger partial charge on any atom is 0.416 e. The third-order valence-electron chi connectivity index (χ3n) is 5.31. The van der Waals surface area contributed by atoms with Crippen molar-refractivity contribution in [3.8, 4) is 0 Å². The van der Waals surface area contributed by atoms with Crippen molar-refractivity contribution in [1.29, 1.82) is 0 Å². The summed E-state index contributed by atoms with van der Waals surface area (Å²) in [5.74, 6) is 0.914. The molecule has 26 heavy (non-hydrogen) atoms. The SMILES string of the molecule is C[C@@H]1C[C@H]1C(=O)NCCCN1CCN(c2cccc(C(F)(F)F)c2)CC1. The van der Waals surface area contributed by atoms with Crippen molar-refractivity contribution in [2.75, 3.05) is 44.2 Å². The average molecular weight is 369 g/mol. The van der Waals surface area contributed by atoms with Crippen LogP contribution < -0.4 is 10.2 Å². The standard InChI is InChI=1S/C19H26F3N3O/c1-14-12-17(14)18(26)23-6-3-7-24-8-10-25(11-9-24)16-5-2-4-15(13-16)19(20,21)22/h2,4-5,13-14,17H,3,6-12H2,1H3,(H,23,26)/t14-,17-/m1/s1. The number of benzene rings is 1. The minimum atomic E-state index is -4.31. The predicted octanol–water partition coefficient (Wildman–Crippen LogP) is 2.99. The Morgan fingerprint density at radius 3 is 2.54 bits per heavy atom. The maximum absolute atomic E-state index is 12.8. The van der Waals surface area contributed by atoms with Gasteiger partial charge in [0.25, 0.3) is 0 Å². The average Bonchev–Trinajstić information content (AvgIpc) is 3.35. The van der Waals surface area contributed by atoms with Crippen LogP contribution in [0.1, 0.15) is 25.3 Å². The molecule has 2 atom stereocenters. The number of nitrogens with one attached hydrogen (secondary N) is 1. The Morgan fingerprint density at radius 2 is 1.92 bits per heavy atom.